The zero-order valence-corrected chi connectivity index (χ0v) is 27.9. The number of imidazole rings is 1. The van der Waals surface area contributed by atoms with Gasteiger partial charge in [-0.05, 0) is 60.7 Å². The molecule has 2 aliphatic rings. The van der Waals surface area contributed by atoms with E-state index in [1.165, 1.54) is 0 Å². The molecule has 5 heterocycles. The van der Waals surface area contributed by atoms with Gasteiger partial charge < -0.3 is 35.3 Å². The minimum atomic E-state index is -0.372. The molecule has 7 rings (SSSR count). The molecule has 1 fully saturated rings. The average molecular weight is 675 g/mol. The number of nitrogens with one attached hydrogen (secondary N) is 2. The molecule has 0 aliphatic carbocycles. The van der Waals surface area contributed by atoms with Gasteiger partial charge in [-0.25, -0.2) is 19.9 Å². The minimum Gasteiger partial charge on any atom is -0.378 e. The van der Waals surface area contributed by atoms with Gasteiger partial charge >= 0.3 is 0 Å². The van der Waals surface area contributed by atoms with Crippen LogP contribution in [0.15, 0.2) is 67.3 Å². The Morgan fingerprint density at radius 2 is 1.60 bits per heavy atom. The molecule has 50 heavy (non-hydrogen) atoms. The predicted molar refractivity (Wildman–Crippen MR) is 189 cm³/mol. The van der Waals surface area contributed by atoms with E-state index in [9.17, 15) is 14.4 Å². The van der Waals surface area contributed by atoms with Crippen molar-refractivity contribution in [2.75, 3.05) is 54.9 Å². The second kappa shape index (κ2) is 13.9. The van der Waals surface area contributed by atoms with Crippen molar-refractivity contribution in [3.63, 3.8) is 0 Å². The van der Waals surface area contributed by atoms with Gasteiger partial charge in [0.1, 0.15) is 5.69 Å². The lowest BCUT2D eigenvalue weighted by molar-refractivity contribution is -0.117. The maximum Gasteiger partial charge on any atom is 0.271 e. The van der Waals surface area contributed by atoms with Crippen LogP contribution in [0, 0.1) is 0 Å². The van der Waals surface area contributed by atoms with Crippen molar-refractivity contribution in [2.24, 2.45) is 0 Å². The first-order valence-electron chi connectivity index (χ1n) is 16.6. The number of carbonyl (C=O) groups excluding carboxylic acids is 3. The molecule has 5 aromatic rings. The van der Waals surface area contributed by atoms with Crippen molar-refractivity contribution in [1.82, 2.24) is 35.0 Å². The summed E-state index contributed by atoms with van der Waals surface area (Å²) >= 11 is 0. The molecule has 2 aromatic carbocycles. The fourth-order valence-electron chi connectivity index (χ4n) is 6.46. The Morgan fingerprint density at radius 3 is 2.32 bits per heavy atom. The molecule has 1 atom stereocenters. The van der Waals surface area contributed by atoms with Crippen LogP contribution >= 0.6 is 0 Å². The van der Waals surface area contributed by atoms with E-state index in [1.807, 2.05) is 29.2 Å². The van der Waals surface area contributed by atoms with Gasteiger partial charge in [0.25, 0.3) is 11.8 Å². The highest BCUT2D eigenvalue weighted by Gasteiger charge is 2.26. The SMILES string of the molecule is CC(=O)N1c2ccc(-c3ccc(C(=O)NCCNC(=O)c4cn5cc(-c6cnc(N)nc6)nc(N6CCOCC6)c5n4)cc3)cc2CCC1C. The summed E-state index contributed by atoms with van der Waals surface area (Å²) in [4.78, 5) is 59.8. The molecular weight excluding hydrogens is 636 g/mol. The Kier molecular flexibility index (Phi) is 9.09. The third-order valence-electron chi connectivity index (χ3n) is 9.06. The minimum absolute atomic E-state index is 0.0488. The number of nitrogen functional groups attached to an aromatic ring is 1. The Balaban J connectivity index is 0.977. The third-order valence-corrected chi connectivity index (χ3v) is 9.06. The second-order valence-corrected chi connectivity index (χ2v) is 12.4. The van der Waals surface area contributed by atoms with Gasteiger partial charge in [0, 0.05) is 80.7 Å². The van der Waals surface area contributed by atoms with E-state index in [-0.39, 0.29) is 48.5 Å². The monoisotopic (exact) mass is 674 g/mol. The maximum atomic E-state index is 13.1. The molecule has 0 bridgehead atoms. The van der Waals surface area contributed by atoms with Crippen LogP contribution in [0.4, 0.5) is 17.5 Å². The smallest absolute Gasteiger partial charge is 0.271 e. The number of aromatic nitrogens is 5. The summed E-state index contributed by atoms with van der Waals surface area (Å²) in [5.74, 6) is 0.229. The Hall–Kier alpha value is -5.89. The Morgan fingerprint density at radius 1 is 0.900 bits per heavy atom. The molecule has 256 valence electrons. The summed E-state index contributed by atoms with van der Waals surface area (Å²) in [5, 5.41) is 5.71. The zero-order chi connectivity index (χ0) is 34.8. The quantitative estimate of drug-likeness (QED) is 0.208. The van der Waals surface area contributed by atoms with Crippen LogP contribution in [0.2, 0.25) is 0 Å². The summed E-state index contributed by atoms with van der Waals surface area (Å²) in [6.45, 7) is 6.51. The predicted octanol–water partition coefficient (Wildman–Crippen LogP) is 3.12. The molecule has 3 amide bonds. The van der Waals surface area contributed by atoms with Gasteiger partial charge in [-0.3, -0.25) is 14.4 Å². The molecule has 14 nitrogen and oxygen atoms in total. The number of amides is 3. The highest BCUT2D eigenvalue weighted by Crippen LogP contribution is 2.34. The molecule has 1 saturated heterocycles. The van der Waals surface area contributed by atoms with E-state index in [0.717, 1.165) is 35.2 Å². The van der Waals surface area contributed by atoms with Crippen molar-refractivity contribution < 1.29 is 19.1 Å². The largest absolute Gasteiger partial charge is 0.378 e. The molecule has 0 radical (unpaired) electrons. The first-order valence-corrected chi connectivity index (χ1v) is 16.6. The van der Waals surface area contributed by atoms with E-state index < -0.39 is 0 Å². The summed E-state index contributed by atoms with van der Waals surface area (Å²) in [6.07, 6.45) is 8.47. The number of anilines is 3. The average Bonchev–Trinajstić information content (AvgIpc) is 3.58. The van der Waals surface area contributed by atoms with Crippen LogP contribution in [0.5, 0.6) is 0 Å². The molecule has 0 spiro atoms. The lowest BCUT2D eigenvalue weighted by Crippen LogP contribution is -2.40. The van der Waals surface area contributed by atoms with E-state index in [4.69, 9.17) is 15.5 Å². The van der Waals surface area contributed by atoms with Crippen LogP contribution in [-0.4, -0.2) is 87.5 Å². The van der Waals surface area contributed by atoms with Gasteiger partial charge in [0.2, 0.25) is 11.9 Å². The number of fused-ring (bicyclic) bond motifs is 2. The number of morpholine rings is 1. The van der Waals surface area contributed by atoms with Gasteiger partial charge in [-0.1, -0.05) is 18.2 Å². The molecule has 14 heteroatoms. The molecule has 0 saturated carbocycles. The van der Waals surface area contributed by atoms with Crippen LogP contribution < -0.4 is 26.2 Å². The fourth-order valence-corrected chi connectivity index (χ4v) is 6.46. The Labute approximate surface area is 288 Å². The van der Waals surface area contributed by atoms with E-state index in [2.05, 4.69) is 43.5 Å². The van der Waals surface area contributed by atoms with Gasteiger partial charge in [0.15, 0.2) is 11.5 Å². The number of nitrogens with two attached hydrogens (primary N) is 1. The number of rotatable bonds is 8. The van der Waals surface area contributed by atoms with Crippen molar-refractivity contribution in [3.8, 4) is 22.4 Å². The third kappa shape index (κ3) is 6.69. The van der Waals surface area contributed by atoms with E-state index in [1.54, 1.807) is 48.2 Å². The number of hydrogen-bond acceptors (Lipinski definition) is 10. The molecule has 2 aliphatic heterocycles. The molecule has 1 unspecified atom stereocenters. The van der Waals surface area contributed by atoms with Crippen molar-refractivity contribution in [3.05, 3.63) is 84.1 Å². The van der Waals surface area contributed by atoms with E-state index >= 15 is 0 Å². The van der Waals surface area contributed by atoms with Gasteiger partial charge in [0.05, 0.1) is 18.9 Å². The first-order chi connectivity index (χ1) is 24.2. The van der Waals surface area contributed by atoms with Crippen molar-refractivity contribution in [2.45, 2.75) is 32.7 Å². The van der Waals surface area contributed by atoms with Crippen molar-refractivity contribution in [1.29, 1.82) is 0 Å². The second-order valence-electron chi connectivity index (χ2n) is 12.4. The molecule has 3 aromatic heterocycles. The van der Waals surface area contributed by atoms with Crippen LogP contribution in [0.1, 0.15) is 46.7 Å². The maximum absolute atomic E-state index is 13.1. The summed E-state index contributed by atoms with van der Waals surface area (Å²) in [5.41, 5.74) is 12.4. The van der Waals surface area contributed by atoms with E-state index in [0.29, 0.717) is 54.6 Å². The highest BCUT2D eigenvalue weighted by atomic mass is 16.5. The van der Waals surface area contributed by atoms with Gasteiger partial charge in [-0.15, -0.1) is 0 Å². The number of carbonyl (C=O) groups is 3. The number of hydrogen-bond donors (Lipinski definition) is 3. The summed E-state index contributed by atoms with van der Waals surface area (Å²) in [7, 11) is 0. The van der Waals surface area contributed by atoms with Gasteiger partial charge in [-0.2, -0.15) is 0 Å². The standard InChI is InChI=1S/C36H38N10O4/c1-22-3-4-27-17-26(9-10-31(27)46(22)23(2)47)24-5-7-25(8-6-24)34(48)38-11-12-39-35(49)30-21-45-20-29(28-18-40-36(37)41-19-28)42-32(33(45)43-30)44-13-15-50-16-14-44/h5-10,17-22H,3-4,11-16H2,1-2H3,(H,38,48)(H,39,49)(H2,37,40,41). The van der Waals surface area contributed by atoms with Crippen LogP contribution in [0.25, 0.3) is 28.0 Å². The highest BCUT2D eigenvalue weighted by molar-refractivity contribution is 5.96. The van der Waals surface area contributed by atoms with Crippen molar-refractivity contribution >= 4 is 40.8 Å². The molecule has 4 N–H and O–H groups in total. The number of nitrogens with zero attached hydrogens (tertiary/aromatic N) is 7. The zero-order valence-electron chi connectivity index (χ0n) is 27.9. The van der Waals surface area contributed by atoms with Crippen LogP contribution in [-0.2, 0) is 16.0 Å². The molecular formula is C36H38N10O4. The first kappa shape index (κ1) is 32.6. The van der Waals surface area contributed by atoms with Crippen LogP contribution in [0.3, 0.4) is 0 Å². The number of benzene rings is 2. The summed E-state index contributed by atoms with van der Waals surface area (Å²) in [6, 6.07) is 13.7. The fraction of sp³-hybridized carbons (Fsp3) is 0.306. The number of ether oxygens (including phenoxy) is 1. The lowest BCUT2D eigenvalue weighted by Gasteiger charge is -2.34. The normalized spacial score (nSPS) is 15.8. The Bertz CT molecular complexity index is 2060. The topological polar surface area (TPSA) is 173 Å². The summed E-state index contributed by atoms with van der Waals surface area (Å²) < 4.78 is 7.30. The number of aryl methyl sites for hydroxylation is 1. The lowest BCUT2D eigenvalue weighted by atomic mass is 9.93.